The van der Waals surface area contributed by atoms with Crippen molar-refractivity contribution < 1.29 is 0 Å². The van der Waals surface area contributed by atoms with Gasteiger partial charge in [-0.3, -0.25) is 0 Å². The molecule has 3 atom stereocenters. The number of rotatable bonds is 4. The van der Waals surface area contributed by atoms with Crippen LogP contribution < -0.4 is 4.90 Å². The van der Waals surface area contributed by atoms with Gasteiger partial charge in [0.15, 0.2) is 0 Å². The molecule has 0 N–H and O–H groups in total. The molecule has 0 saturated carbocycles. The molecule has 0 aromatic heterocycles. The van der Waals surface area contributed by atoms with Crippen molar-refractivity contribution in [2.24, 2.45) is 0 Å². The van der Waals surface area contributed by atoms with E-state index in [9.17, 15) is 0 Å². The fourth-order valence-electron chi connectivity index (χ4n) is 10.3. The summed E-state index contributed by atoms with van der Waals surface area (Å²) in [6, 6.07) is 63.7. The summed E-state index contributed by atoms with van der Waals surface area (Å²) in [6.45, 7) is 4.77. The first-order chi connectivity index (χ1) is 26.6. The second kappa shape index (κ2) is 11.9. The van der Waals surface area contributed by atoms with Crippen molar-refractivity contribution in [3.8, 4) is 33.4 Å². The number of allylic oxidation sites excluding steroid dienone is 1. The van der Waals surface area contributed by atoms with Gasteiger partial charge in [0, 0.05) is 28.6 Å². The van der Waals surface area contributed by atoms with E-state index in [4.69, 9.17) is 0 Å². The molecule has 3 unspecified atom stereocenters. The van der Waals surface area contributed by atoms with Crippen molar-refractivity contribution in [3.63, 3.8) is 0 Å². The zero-order chi connectivity index (χ0) is 36.0. The lowest BCUT2D eigenvalue weighted by atomic mass is 9.76. The molecule has 1 aliphatic heterocycles. The summed E-state index contributed by atoms with van der Waals surface area (Å²) in [7, 11) is 0. The third-order valence-corrected chi connectivity index (χ3v) is 12.8. The van der Waals surface area contributed by atoms with Gasteiger partial charge >= 0.3 is 0 Å². The van der Waals surface area contributed by atoms with Crippen molar-refractivity contribution in [2.45, 2.75) is 43.6 Å². The smallest absolute Gasteiger partial charge is 0.0592 e. The molecule has 0 bridgehead atoms. The third kappa shape index (κ3) is 4.58. The lowest BCUT2D eigenvalue weighted by Crippen LogP contribution is -2.31. The van der Waals surface area contributed by atoms with E-state index in [1.54, 1.807) is 0 Å². The van der Waals surface area contributed by atoms with E-state index >= 15 is 0 Å². The van der Waals surface area contributed by atoms with Crippen LogP contribution in [0.25, 0.3) is 54.9 Å². The van der Waals surface area contributed by atoms with Crippen molar-refractivity contribution in [1.29, 1.82) is 0 Å². The monoisotopic (exact) mass is 691 g/mol. The van der Waals surface area contributed by atoms with Crippen LogP contribution >= 0.6 is 0 Å². The number of hydrogen-bond donors (Lipinski definition) is 0. The highest BCUT2D eigenvalue weighted by atomic mass is 15.2. The number of benzene rings is 8. The van der Waals surface area contributed by atoms with E-state index in [0.717, 1.165) is 6.42 Å². The molecule has 0 saturated heterocycles. The van der Waals surface area contributed by atoms with E-state index in [1.807, 2.05) is 0 Å². The van der Waals surface area contributed by atoms with Gasteiger partial charge in [0.1, 0.15) is 0 Å². The summed E-state index contributed by atoms with van der Waals surface area (Å²) in [5.41, 5.74) is 16.3. The van der Waals surface area contributed by atoms with Gasteiger partial charge in [0.25, 0.3) is 0 Å². The van der Waals surface area contributed by atoms with Gasteiger partial charge in [-0.25, -0.2) is 0 Å². The molecule has 1 nitrogen and oxygen atoms in total. The number of para-hydroxylation sites is 1. The Morgan fingerprint density at radius 1 is 0.500 bits per heavy atom. The van der Waals surface area contributed by atoms with Crippen LogP contribution in [0.3, 0.4) is 0 Å². The van der Waals surface area contributed by atoms with E-state index in [2.05, 4.69) is 201 Å². The van der Waals surface area contributed by atoms with Gasteiger partial charge in [-0.05, 0) is 102 Å². The molecule has 0 radical (unpaired) electrons. The second-order valence-corrected chi connectivity index (χ2v) is 16.0. The molecule has 8 aromatic rings. The van der Waals surface area contributed by atoms with E-state index in [0.29, 0.717) is 11.8 Å². The molecular weight excluding hydrogens is 651 g/mol. The maximum atomic E-state index is 2.59. The van der Waals surface area contributed by atoms with Crippen molar-refractivity contribution in [2.75, 3.05) is 4.90 Å². The quantitative estimate of drug-likeness (QED) is 0.131. The summed E-state index contributed by atoms with van der Waals surface area (Å²) in [6.07, 6.45) is 6.10. The minimum atomic E-state index is 0.00822. The molecule has 3 aliphatic rings. The van der Waals surface area contributed by atoms with Gasteiger partial charge in [0.2, 0.25) is 0 Å². The first-order valence-corrected chi connectivity index (χ1v) is 19.5. The van der Waals surface area contributed by atoms with Crippen LogP contribution in [-0.4, -0.2) is 6.04 Å². The maximum absolute atomic E-state index is 2.59. The molecule has 0 spiro atoms. The maximum Gasteiger partial charge on any atom is 0.0592 e. The summed E-state index contributed by atoms with van der Waals surface area (Å²) >= 11 is 0. The van der Waals surface area contributed by atoms with Crippen LogP contribution in [0.1, 0.15) is 54.4 Å². The Bertz CT molecular complexity index is 2730. The van der Waals surface area contributed by atoms with Crippen LogP contribution in [0.2, 0.25) is 0 Å². The fraction of sp³-hybridized carbons (Fsp3) is 0.132. The van der Waals surface area contributed by atoms with Crippen molar-refractivity contribution in [3.05, 3.63) is 204 Å². The number of hydrogen-bond acceptors (Lipinski definition) is 1. The van der Waals surface area contributed by atoms with Crippen LogP contribution in [0.5, 0.6) is 0 Å². The Labute approximate surface area is 317 Å². The van der Waals surface area contributed by atoms with Crippen LogP contribution in [-0.2, 0) is 5.41 Å². The van der Waals surface area contributed by atoms with Crippen molar-refractivity contribution >= 4 is 32.9 Å². The lowest BCUT2D eigenvalue weighted by molar-refractivity contribution is 0.532. The van der Waals surface area contributed by atoms with Crippen LogP contribution in [0.15, 0.2) is 182 Å². The molecule has 2 aliphatic carbocycles. The molecule has 0 fully saturated rings. The summed E-state index contributed by atoms with van der Waals surface area (Å²) in [5, 5.41) is 5.15. The Hall–Kier alpha value is -6.18. The number of fused-ring (bicyclic) bond motifs is 8. The largest absolute Gasteiger partial charge is 0.334 e. The zero-order valence-electron chi connectivity index (χ0n) is 30.7. The number of anilines is 2. The van der Waals surface area contributed by atoms with Gasteiger partial charge < -0.3 is 4.90 Å². The normalized spacial score (nSPS) is 19.1. The summed E-state index contributed by atoms with van der Waals surface area (Å²) < 4.78 is 0. The van der Waals surface area contributed by atoms with Gasteiger partial charge in [-0.15, -0.1) is 0 Å². The van der Waals surface area contributed by atoms with Crippen molar-refractivity contribution in [1.82, 2.24) is 0 Å². The van der Waals surface area contributed by atoms with E-state index < -0.39 is 0 Å². The highest BCUT2D eigenvalue weighted by molar-refractivity contribution is 6.21. The minimum absolute atomic E-state index is 0.00822. The fourth-order valence-corrected chi connectivity index (χ4v) is 10.3. The van der Waals surface area contributed by atoms with Gasteiger partial charge in [-0.1, -0.05) is 178 Å². The first kappa shape index (κ1) is 31.4. The summed E-state index contributed by atoms with van der Waals surface area (Å²) in [5.74, 6) is 0.805. The minimum Gasteiger partial charge on any atom is -0.334 e. The first-order valence-electron chi connectivity index (χ1n) is 19.5. The second-order valence-electron chi connectivity index (χ2n) is 16.0. The highest BCUT2D eigenvalue weighted by Crippen LogP contribution is 2.54. The summed E-state index contributed by atoms with van der Waals surface area (Å²) in [4.78, 5) is 2.59. The molecule has 1 heterocycles. The Morgan fingerprint density at radius 3 is 1.78 bits per heavy atom. The van der Waals surface area contributed by atoms with E-state index in [1.165, 1.54) is 88.6 Å². The Kier molecular flexibility index (Phi) is 6.92. The van der Waals surface area contributed by atoms with Crippen LogP contribution in [0.4, 0.5) is 11.4 Å². The number of nitrogens with zero attached hydrogens (tertiary/aromatic N) is 1. The zero-order valence-corrected chi connectivity index (χ0v) is 30.7. The molecule has 0 amide bonds. The predicted octanol–water partition coefficient (Wildman–Crippen LogP) is 14.0. The standard InChI is InChI=1S/C53H41N/c1-53(2)47-22-12-10-16-39(47)40-30-26-37(33-48(40)53)36-27-31-50-46(32-36)41-17-11-13-23-49(41)54(50)38-28-24-35(25-29-38)52-44-20-8-6-18-42(44)51(34-14-4-3-5-15-34)43-19-7-9-21-45(43)52/h3-31,33,36,46,50H,32H2,1-2H3. The Balaban J connectivity index is 0.971. The molecule has 11 rings (SSSR count). The highest BCUT2D eigenvalue weighted by Gasteiger charge is 2.42. The lowest BCUT2D eigenvalue weighted by Gasteiger charge is -2.33. The molecule has 258 valence electrons. The van der Waals surface area contributed by atoms with Gasteiger partial charge in [0.05, 0.1) is 6.04 Å². The van der Waals surface area contributed by atoms with E-state index in [-0.39, 0.29) is 11.5 Å². The average Bonchev–Trinajstić information content (AvgIpc) is 3.68. The molecule has 54 heavy (non-hydrogen) atoms. The SMILES string of the molecule is CC1(C)c2ccccc2-c2ccc(C3C=CC4C(C3)c3ccccc3N4c3ccc(-c4c5ccccc5c(-c5ccccc5)c5ccccc45)cc3)cc21. The average molecular weight is 692 g/mol. The molecular formula is C53H41N. The third-order valence-electron chi connectivity index (χ3n) is 12.8. The topological polar surface area (TPSA) is 3.24 Å². The molecule has 8 aromatic carbocycles. The molecule has 1 heteroatoms. The Morgan fingerprint density at radius 2 is 1.07 bits per heavy atom. The van der Waals surface area contributed by atoms with Crippen LogP contribution in [0, 0.1) is 0 Å². The van der Waals surface area contributed by atoms with Gasteiger partial charge in [-0.2, -0.15) is 0 Å². The predicted molar refractivity (Wildman–Crippen MR) is 228 cm³/mol.